The van der Waals surface area contributed by atoms with Crippen molar-refractivity contribution in [3.8, 4) is 6.07 Å². The molecule has 1 heterocycles. The van der Waals surface area contributed by atoms with Crippen LogP contribution in [0.1, 0.15) is 51.4 Å². The van der Waals surface area contributed by atoms with Crippen LogP contribution in [0.2, 0.25) is 0 Å². The number of rotatable bonds is 1. The van der Waals surface area contributed by atoms with Gasteiger partial charge in [-0.3, -0.25) is 0 Å². The molecule has 0 saturated heterocycles. The molecule has 0 saturated carbocycles. The van der Waals surface area contributed by atoms with Crippen LogP contribution in [-0.2, 0) is 0 Å². The first-order valence-electron chi connectivity index (χ1n) is 5.79. The molecular weight excluding hydrogens is 212 g/mol. The summed E-state index contributed by atoms with van der Waals surface area (Å²) in [6, 6.07) is 3.63. The Morgan fingerprint density at radius 1 is 1.35 bits per heavy atom. The number of nitrogens with one attached hydrogen (secondary N) is 1. The van der Waals surface area contributed by atoms with E-state index in [0.29, 0.717) is 16.8 Å². The lowest BCUT2D eigenvalue weighted by Gasteiger charge is -2.05. The zero-order chi connectivity index (χ0) is 14.0. The van der Waals surface area contributed by atoms with Crippen molar-refractivity contribution in [2.24, 2.45) is 0 Å². The van der Waals surface area contributed by atoms with Gasteiger partial charge in [0.2, 0.25) is 0 Å². The summed E-state index contributed by atoms with van der Waals surface area (Å²) in [5.74, 6) is 0.254. The molecule has 3 N–H and O–H groups in total. The lowest BCUT2D eigenvalue weighted by atomic mass is 10.1. The molecule has 94 valence electrons. The second kappa shape index (κ2) is 9.34. The average Bonchev–Trinajstić information content (AvgIpc) is 2.32. The van der Waals surface area contributed by atoms with E-state index in [0.717, 1.165) is 0 Å². The number of aryl methyl sites for hydroxylation is 1. The number of nitrogens with zero attached hydrogens (tertiary/aromatic N) is 2. The minimum atomic E-state index is 0.254. The van der Waals surface area contributed by atoms with E-state index in [2.05, 4.69) is 4.98 Å². The van der Waals surface area contributed by atoms with Crippen molar-refractivity contribution in [3.63, 3.8) is 0 Å². The zero-order valence-corrected chi connectivity index (χ0v) is 11.5. The Balaban J connectivity index is 0. The first kappa shape index (κ1) is 17.5. The number of pyridine rings is 1. The molecule has 4 heteroatoms. The van der Waals surface area contributed by atoms with Crippen molar-refractivity contribution in [2.45, 2.75) is 41.5 Å². The SMILES string of the molecule is CC.CC.CC(=N)c1c(C#N)cc(C)nc1N. The van der Waals surface area contributed by atoms with Gasteiger partial charge in [0, 0.05) is 11.4 Å². The van der Waals surface area contributed by atoms with Crippen molar-refractivity contribution in [1.82, 2.24) is 4.98 Å². The monoisotopic (exact) mass is 234 g/mol. The number of nitrogen functional groups attached to an aromatic ring is 1. The highest BCUT2D eigenvalue weighted by Crippen LogP contribution is 2.15. The van der Waals surface area contributed by atoms with E-state index in [9.17, 15) is 0 Å². The van der Waals surface area contributed by atoms with E-state index >= 15 is 0 Å². The Labute approximate surface area is 104 Å². The topological polar surface area (TPSA) is 86.5 Å². The summed E-state index contributed by atoms with van der Waals surface area (Å²) in [6.45, 7) is 11.4. The second-order valence-corrected chi connectivity index (χ2v) is 2.81. The molecule has 0 aliphatic heterocycles. The van der Waals surface area contributed by atoms with E-state index in [-0.39, 0.29) is 11.5 Å². The van der Waals surface area contributed by atoms with E-state index in [1.807, 2.05) is 33.8 Å². The Morgan fingerprint density at radius 2 is 1.82 bits per heavy atom. The van der Waals surface area contributed by atoms with Crippen LogP contribution in [0.15, 0.2) is 6.07 Å². The Kier molecular flexibility index (Phi) is 9.62. The number of anilines is 1. The number of hydrogen-bond donors (Lipinski definition) is 2. The van der Waals surface area contributed by atoms with Gasteiger partial charge in [-0.1, -0.05) is 27.7 Å². The average molecular weight is 234 g/mol. The Bertz CT molecular complexity index is 403. The Hall–Kier alpha value is -1.89. The van der Waals surface area contributed by atoms with E-state index in [1.54, 1.807) is 19.9 Å². The van der Waals surface area contributed by atoms with Gasteiger partial charge >= 0.3 is 0 Å². The maximum atomic E-state index is 8.79. The molecule has 0 aliphatic carbocycles. The largest absolute Gasteiger partial charge is 0.383 e. The fourth-order valence-corrected chi connectivity index (χ4v) is 1.18. The Morgan fingerprint density at radius 3 is 2.18 bits per heavy atom. The van der Waals surface area contributed by atoms with Crippen LogP contribution < -0.4 is 5.73 Å². The van der Waals surface area contributed by atoms with Gasteiger partial charge in [0.1, 0.15) is 11.9 Å². The zero-order valence-electron chi connectivity index (χ0n) is 11.5. The van der Waals surface area contributed by atoms with Gasteiger partial charge in [-0.15, -0.1) is 0 Å². The molecular formula is C13H22N4. The molecule has 0 spiro atoms. The van der Waals surface area contributed by atoms with E-state index in [1.165, 1.54) is 0 Å². The summed E-state index contributed by atoms with van der Waals surface area (Å²) in [4.78, 5) is 3.99. The van der Waals surface area contributed by atoms with Gasteiger partial charge < -0.3 is 11.1 Å². The first-order chi connectivity index (χ1) is 8.06. The third kappa shape index (κ3) is 5.12. The minimum Gasteiger partial charge on any atom is -0.383 e. The first-order valence-corrected chi connectivity index (χ1v) is 5.79. The second-order valence-electron chi connectivity index (χ2n) is 2.81. The molecule has 4 nitrogen and oxygen atoms in total. The van der Waals surface area contributed by atoms with Gasteiger partial charge in [0.25, 0.3) is 0 Å². The van der Waals surface area contributed by atoms with Crippen molar-refractivity contribution in [2.75, 3.05) is 5.73 Å². The van der Waals surface area contributed by atoms with Crippen LogP contribution >= 0.6 is 0 Å². The van der Waals surface area contributed by atoms with Crippen LogP contribution in [-0.4, -0.2) is 10.7 Å². The van der Waals surface area contributed by atoms with Gasteiger partial charge in [-0.25, -0.2) is 4.98 Å². The highest BCUT2D eigenvalue weighted by Gasteiger charge is 2.10. The van der Waals surface area contributed by atoms with Crippen LogP contribution in [0.3, 0.4) is 0 Å². The molecule has 0 amide bonds. The van der Waals surface area contributed by atoms with Crippen molar-refractivity contribution in [3.05, 3.63) is 22.9 Å². The number of nitriles is 1. The highest BCUT2D eigenvalue weighted by molar-refractivity contribution is 6.02. The van der Waals surface area contributed by atoms with Crippen LogP contribution in [0, 0.1) is 23.7 Å². The lowest BCUT2D eigenvalue weighted by Crippen LogP contribution is -2.06. The molecule has 1 rings (SSSR count). The normalized spacial score (nSPS) is 7.82. The van der Waals surface area contributed by atoms with Gasteiger partial charge in [-0.05, 0) is 19.9 Å². The summed E-state index contributed by atoms with van der Waals surface area (Å²) < 4.78 is 0. The van der Waals surface area contributed by atoms with Gasteiger partial charge in [-0.2, -0.15) is 5.26 Å². The molecule has 0 unspecified atom stereocenters. The predicted octanol–water partition coefficient (Wildman–Crippen LogP) is 3.28. The van der Waals surface area contributed by atoms with Crippen molar-refractivity contribution >= 4 is 11.5 Å². The molecule has 0 bridgehead atoms. The maximum absolute atomic E-state index is 8.79. The molecule has 17 heavy (non-hydrogen) atoms. The molecule has 0 aromatic carbocycles. The van der Waals surface area contributed by atoms with E-state index in [4.69, 9.17) is 16.4 Å². The quantitative estimate of drug-likeness (QED) is 0.731. The molecule has 1 aromatic heterocycles. The predicted molar refractivity (Wildman–Crippen MR) is 73.3 cm³/mol. The number of aromatic nitrogens is 1. The molecule has 0 fully saturated rings. The van der Waals surface area contributed by atoms with Crippen molar-refractivity contribution < 1.29 is 0 Å². The summed E-state index contributed by atoms with van der Waals surface area (Å²) >= 11 is 0. The molecule has 1 aromatic rings. The summed E-state index contributed by atoms with van der Waals surface area (Å²) in [6.07, 6.45) is 0. The van der Waals surface area contributed by atoms with Crippen LogP contribution in [0.5, 0.6) is 0 Å². The lowest BCUT2D eigenvalue weighted by molar-refractivity contribution is 1.19. The van der Waals surface area contributed by atoms with Gasteiger partial charge in [0.15, 0.2) is 0 Å². The summed E-state index contributed by atoms with van der Waals surface area (Å²) in [7, 11) is 0. The third-order valence-electron chi connectivity index (χ3n) is 1.67. The minimum absolute atomic E-state index is 0.254. The molecule has 0 atom stereocenters. The van der Waals surface area contributed by atoms with E-state index < -0.39 is 0 Å². The smallest absolute Gasteiger partial charge is 0.134 e. The van der Waals surface area contributed by atoms with Gasteiger partial charge in [0.05, 0.1) is 11.1 Å². The van der Waals surface area contributed by atoms with Crippen molar-refractivity contribution in [1.29, 1.82) is 10.7 Å². The number of hydrogen-bond acceptors (Lipinski definition) is 4. The summed E-state index contributed by atoms with van der Waals surface area (Å²) in [5, 5.41) is 16.2. The fraction of sp³-hybridized carbons (Fsp3) is 0.462. The molecule has 0 aliphatic rings. The number of nitrogens with two attached hydrogens (primary N) is 1. The third-order valence-corrected chi connectivity index (χ3v) is 1.67. The fourth-order valence-electron chi connectivity index (χ4n) is 1.18. The van der Waals surface area contributed by atoms with Crippen LogP contribution in [0.25, 0.3) is 0 Å². The molecule has 0 radical (unpaired) electrons. The highest BCUT2D eigenvalue weighted by atomic mass is 14.8. The summed E-state index contributed by atoms with van der Waals surface area (Å²) in [5.41, 5.74) is 7.41. The maximum Gasteiger partial charge on any atom is 0.134 e. The van der Waals surface area contributed by atoms with Crippen LogP contribution in [0.4, 0.5) is 5.82 Å². The standard InChI is InChI=1S/C9H10N4.2C2H6/c1-5-3-7(4-10)8(6(2)11)9(12)13-5;2*1-2/h3,11H,1-2H3,(H2,12,13);2*1-2H3.